The molecule has 0 unspecified atom stereocenters. The zero-order valence-electron chi connectivity index (χ0n) is 13.8. The van der Waals surface area contributed by atoms with Crippen molar-refractivity contribution in [2.75, 3.05) is 27.2 Å². The van der Waals surface area contributed by atoms with Gasteiger partial charge in [-0.05, 0) is 43.4 Å². The summed E-state index contributed by atoms with van der Waals surface area (Å²) in [5.74, 6) is 0.373. The third kappa shape index (κ3) is 4.25. The van der Waals surface area contributed by atoms with Crippen LogP contribution >= 0.6 is 11.6 Å². The van der Waals surface area contributed by atoms with Gasteiger partial charge in [-0.25, -0.2) is 12.7 Å². The molecule has 0 heterocycles. The molecular weight excluding hydrogens is 336 g/mol. The summed E-state index contributed by atoms with van der Waals surface area (Å²) in [7, 11) is -0.674. The molecule has 0 aromatic heterocycles. The van der Waals surface area contributed by atoms with Gasteiger partial charge in [0.2, 0.25) is 10.0 Å². The molecule has 1 fully saturated rings. The standard InChI is InChI=1S/C16H23ClN2O3S/c1-4-9-19(11-12-5-6-12)16(20)14-10-13(7-8-15(14)17)23(21,22)18(2)3/h7-8,10,12H,4-6,9,11H2,1-3H3. The number of carbonyl (C=O) groups excluding carboxylic acids is 1. The van der Waals surface area contributed by atoms with Crippen LogP contribution in [0.3, 0.4) is 0 Å². The van der Waals surface area contributed by atoms with Crippen molar-refractivity contribution in [2.45, 2.75) is 31.1 Å². The predicted octanol–water partition coefficient (Wildman–Crippen LogP) is 2.85. The number of benzene rings is 1. The Labute approximate surface area is 143 Å². The van der Waals surface area contributed by atoms with Crippen molar-refractivity contribution in [2.24, 2.45) is 5.92 Å². The first kappa shape index (κ1) is 18.2. The van der Waals surface area contributed by atoms with E-state index in [1.165, 1.54) is 32.3 Å². The van der Waals surface area contributed by atoms with Crippen LogP contribution in [-0.2, 0) is 10.0 Å². The lowest BCUT2D eigenvalue weighted by Crippen LogP contribution is -2.34. The quantitative estimate of drug-likeness (QED) is 0.753. The fourth-order valence-corrected chi connectivity index (χ4v) is 3.49. The average Bonchev–Trinajstić information content (AvgIpc) is 3.30. The number of carbonyl (C=O) groups is 1. The van der Waals surface area contributed by atoms with E-state index in [0.717, 1.165) is 23.6 Å². The molecular formula is C16H23ClN2O3S. The van der Waals surface area contributed by atoms with Crippen molar-refractivity contribution in [1.82, 2.24) is 9.21 Å². The average molecular weight is 359 g/mol. The summed E-state index contributed by atoms with van der Waals surface area (Å²) in [6.07, 6.45) is 3.15. The molecule has 5 nitrogen and oxygen atoms in total. The molecule has 0 spiro atoms. The van der Waals surface area contributed by atoms with E-state index in [2.05, 4.69) is 0 Å². The van der Waals surface area contributed by atoms with Gasteiger partial charge in [0.25, 0.3) is 5.91 Å². The maximum atomic E-state index is 12.8. The second-order valence-electron chi connectivity index (χ2n) is 6.12. The molecule has 1 aliphatic carbocycles. The van der Waals surface area contributed by atoms with Crippen molar-refractivity contribution >= 4 is 27.5 Å². The fourth-order valence-electron chi connectivity index (χ4n) is 2.37. The summed E-state index contributed by atoms with van der Waals surface area (Å²) >= 11 is 6.16. The lowest BCUT2D eigenvalue weighted by Gasteiger charge is -2.23. The first-order chi connectivity index (χ1) is 10.8. The lowest BCUT2D eigenvalue weighted by atomic mass is 10.2. The van der Waals surface area contributed by atoms with E-state index in [1.807, 2.05) is 6.92 Å². The van der Waals surface area contributed by atoms with Gasteiger partial charge in [0, 0.05) is 27.2 Å². The molecule has 0 N–H and O–H groups in total. The minimum absolute atomic E-state index is 0.0816. The first-order valence-electron chi connectivity index (χ1n) is 7.78. The largest absolute Gasteiger partial charge is 0.338 e. The Bertz CT molecular complexity index is 685. The molecule has 0 atom stereocenters. The number of rotatable bonds is 7. The van der Waals surface area contributed by atoms with E-state index in [4.69, 9.17) is 11.6 Å². The molecule has 2 rings (SSSR count). The van der Waals surface area contributed by atoms with Crippen LogP contribution < -0.4 is 0 Å². The number of sulfonamides is 1. The summed E-state index contributed by atoms with van der Waals surface area (Å²) < 4.78 is 25.6. The Balaban J connectivity index is 2.34. The molecule has 0 bridgehead atoms. The maximum Gasteiger partial charge on any atom is 0.255 e. The number of nitrogens with zero attached hydrogens (tertiary/aromatic N) is 2. The Hall–Kier alpha value is -1.11. The zero-order valence-corrected chi connectivity index (χ0v) is 15.3. The highest BCUT2D eigenvalue weighted by Crippen LogP contribution is 2.31. The minimum Gasteiger partial charge on any atom is -0.338 e. The van der Waals surface area contributed by atoms with Crippen LogP contribution in [0.15, 0.2) is 23.1 Å². The Morgan fingerprint density at radius 3 is 2.48 bits per heavy atom. The summed E-state index contributed by atoms with van der Waals surface area (Å²) in [6, 6.07) is 4.29. The first-order valence-corrected chi connectivity index (χ1v) is 9.60. The van der Waals surface area contributed by atoms with Crippen LogP contribution in [0.5, 0.6) is 0 Å². The highest BCUT2D eigenvalue weighted by atomic mass is 35.5. The molecule has 23 heavy (non-hydrogen) atoms. The van der Waals surface area contributed by atoms with Crippen LogP contribution in [-0.4, -0.2) is 50.7 Å². The van der Waals surface area contributed by atoms with Gasteiger partial charge in [-0.15, -0.1) is 0 Å². The van der Waals surface area contributed by atoms with Crippen molar-refractivity contribution in [1.29, 1.82) is 0 Å². The molecule has 0 radical (unpaired) electrons. The lowest BCUT2D eigenvalue weighted by molar-refractivity contribution is 0.0747. The summed E-state index contributed by atoms with van der Waals surface area (Å²) in [6.45, 7) is 3.38. The van der Waals surface area contributed by atoms with Crippen molar-refractivity contribution in [3.05, 3.63) is 28.8 Å². The van der Waals surface area contributed by atoms with Gasteiger partial charge >= 0.3 is 0 Å². The van der Waals surface area contributed by atoms with Crippen molar-refractivity contribution in [3.8, 4) is 0 Å². The Morgan fingerprint density at radius 2 is 1.96 bits per heavy atom. The van der Waals surface area contributed by atoms with Crippen LogP contribution in [0.2, 0.25) is 5.02 Å². The third-order valence-electron chi connectivity index (χ3n) is 3.90. The highest BCUT2D eigenvalue weighted by Gasteiger charge is 2.28. The van der Waals surface area contributed by atoms with Gasteiger partial charge < -0.3 is 4.90 Å². The normalized spacial score (nSPS) is 15.0. The van der Waals surface area contributed by atoms with E-state index in [0.29, 0.717) is 19.0 Å². The molecule has 1 aromatic rings. The van der Waals surface area contributed by atoms with Crippen molar-refractivity contribution in [3.63, 3.8) is 0 Å². The fraction of sp³-hybridized carbons (Fsp3) is 0.562. The van der Waals surface area contributed by atoms with Crippen LogP contribution in [0, 0.1) is 5.92 Å². The number of hydrogen-bond acceptors (Lipinski definition) is 3. The molecule has 1 aliphatic rings. The molecule has 0 saturated heterocycles. The SMILES string of the molecule is CCCN(CC1CC1)C(=O)c1cc(S(=O)(=O)N(C)C)ccc1Cl. The van der Waals surface area contributed by atoms with E-state index in [-0.39, 0.29) is 21.4 Å². The number of halogens is 1. The summed E-state index contributed by atoms with van der Waals surface area (Å²) in [4.78, 5) is 14.7. The monoisotopic (exact) mass is 358 g/mol. The molecule has 1 aromatic carbocycles. The van der Waals surface area contributed by atoms with Crippen LogP contribution in [0.4, 0.5) is 0 Å². The van der Waals surface area contributed by atoms with E-state index in [1.54, 1.807) is 4.90 Å². The molecule has 1 amide bonds. The molecule has 1 saturated carbocycles. The van der Waals surface area contributed by atoms with Crippen molar-refractivity contribution < 1.29 is 13.2 Å². The van der Waals surface area contributed by atoms with E-state index < -0.39 is 10.0 Å². The molecule has 7 heteroatoms. The van der Waals surface area contributed by atoms with Gasteiger partial charge in [-0.3, -0.25) is 4.79 Å². The number of hydrogen-bond donors (Lipinski definition) is 0. The summed E-state index contributed by atoms with van der Waals surface area (Å²) in [5.41, 5.74) is 0.253. The Kier molecular flexibility index (Phi) is 5.70. The van der Waals surface area contributed by atoms with Crippen LogP contribution in [0.25, 0.3) is 0 Å². The van der Waals surface area contributed by atoms with Gasteiger partial charge in [0.1, 0.15) is 0 Å². The topological polar surface area (TPSA) is 57.7 Å². The Morgan fingerprint density at radius 1 is 1.30 bits per heavy atom. The smallest absolute Gasteiger partial charge is 0.255 e. The van der Waals surface area contributed by atoms with Crippen LogP contribution in [0.1, 0.15) is 36.5 Å². The second kappa shape index (κ2) is 7.20. The molecule has 128 valence electrons. The van der Waals surface area contributed by atoms with Gasteiger partial charge in [0.15, 0.2) is 0 Å². The zero-order chi connectivity index (χ0) is 17.2. The second-order valence-corrected chi connectivity index (χ2v) is 8.68. The summed E-state index contributed by atoms with van der Waals surface area (Å²) in [5, 5.41) is 0.282. The maximum absolute atomic E-state index is 12.8. The van der Waals surface area contributed by atoms with E-state index >= 15 is 0 Å². The van der Waals surface area contributed by atoms with Gasteiger partial charge in [0.05, 0.1) is 15.5 Å². The predicted molar refractivity (Wildman–Crippen MR) is 91.2 cm³/mol. The third-order valence-corrected chi connectivity index (χ3v) is 6.04. The van der Waals surface area contributed by atoms with E-state index in [9.17, 15) is 13.2 Å². The highest BCUT2D eigenvalue weighted by molar-refractivity contribution is 7.89. The molecule has 0 aliphatic heterocycles. The van der Waals surface area contributed by atoms with Gasteiger partial charge in [-0.1, -0.05) is 18.5 Å². The number of amides is 1. The minimum atomic E-state index is -3.59. The van der Waals surface area contributed by atoms with Gasteiger partial charge in [-0.2, -0.15) is 0 Å².